The molecule has 0 radical (unpaired) electrons. The Morgan fingerprint density at radius 1 is 1.54 bits per heavy atom. The second-order valence-corrected chi connectivity index (χ2v) is 3.83. The van der Waals surface area contributed by atoms with E-state index in [0.717, 1.165) is 23.8 Å². The minimum atomic E-state index is -2.11. The van der Waals surface area contributed by atoms with Gasteiger partial charge in [0.05, 0.1) is 0 Å². The summed E-state index contributed by atoms with van der Waals surface area (Å²) in [5.41, 5.74) is 2.10. The van der Waals surface area contributed by atoms with Crippen LogP contribution in [0.5, 0.6) is 0 Å². The van der Waals surface area contributed by atoms with E-state index in [0.29, 0.717) is 0 Å². The van der Waals surface area contributed by atoms with E-state index in [1.165, 1.54) is 11.6 Å². The molecule has 0 aliphatic heterocycles. The summed E-state index contributed by atoms with van der Waals surface area (Å²) in [6.07, 6.45) is 5.35. The summed E-state index contributed by atoms with van der Waals surface area (Å²) in [4.78, 5) is 0. The molecule has 0 aliphatic carbocycles. The summed E-state index contributed by atoms with van der Waals surface area (Å²) in [7, 11) is 0. The first-order chi connectivity index (χ1) is 6.02. The lowest BCUT2D eigenvalue weighted by Gasteiger charge is -1.98. The molecule has 0 spiro atoms. The van der Waals surface area contributed by atoms with Crippen LogP contribution in [0.1, 0.15) is 26.7 Å². The van der Waals surface area contributed by atoms with Crippen molar-refractivity contribution >= 4 is 11.1 Å². The average Bonchev–Trinajstić information content (AvgIpc) is 2.00. The Morgan fingerprint density at radius 3 is 2.62 bits per heavy atom. The summed E-state index contributed by atoms with van der Waals surface area (Å²) >= 11 is -2.11. The molecule has 0 fully saturated rings. The predicted molar refractivity (Wildman–Crippen MR) is 55.9 cm³/mol. The van der Waals surface area contributed by atoms with Crippen molar-refractivity contribution in [2.75, 3.05) is 0 Å². The van der Waals surface area contributed by atoms with Gasteiger partial charge >= 0.3 is 0 Å². The highest BCUT2D eigenvalue weighted by molar-refractivity contribution is 7.82. The van der Waals surface area contributed by atoms with Gasteiger partial charge in [-0.15, -0.1) is 0 Å². The third-order valence-corrected chi connectivity index (χ3v) is 1.79. The van der Waals surface area contributed by atoms with Gasteiger partial charge in [0.25, 0.3) is 0 Å². The molecule has 0 saturated heterocycles. The molecule has 0 aromatic heterocycles. The van der Waals surface area contributed by atoms with E-state index in [4.69, 9.17) is 0 Å². The first kappa shape index (κ1) is 12.3. The molecule has 74 valence electrons. The Hall–Kier alpha value is -0.670. The van der Waals surface area contributed by atoms with Crippen LogP contribution in [-0.2, 0) is 11.1 Å². The lowest BCUT2D eigenvalue weighted by molar-refractivity contribution is 0.546. The van der Waals surface area contributed by atoms with Crippen LogP contribution in [0.15, 0.2) is 35.3 Å². The number of hydrogen-bond acceptors (Lipinski definition) is 2. The van der Waals surface area contributed by atoms with Crippen molar-refractivity contribution in [1.29, 1.82) is 0 Å². The van der Waals surface area contributed by atoms with E-state index in [9.17, 15) is 8.76 Å². The Morgan fingerprint density at radius 2 is 2.15 bits per heavy atom. The zero-order valence-corrected chi connectivity index (χ0v) is 8.89. The van der Waals surface area contributed by atoms with E-state index in [2.05, 4.69) is 12.7 Å². The second kappa shape index (κ2) is 6.80. The first-order valence-corrected chi connectivity index (χ1v) is 5.23. The van der Waals surface area contributed by atoms with Crippen LogP contribution >= 0.6 is 0 Å². The second-order valence-electron chi connectivity index (χ2n) is 3.04. The molecule has 0 bridgehead atoms. The Kier molecular flexibility index (Phi) is 6.45. The van der Waals surface area contributed by atoms with E-state index >= 15 is 0 Å². The maximum Gasteiger partial charge on any atom is -0.0113 e. The van der Waals surface area contributed by atoms with Crippen molar-refractivity contribution in [2.45, 2.75) is 26.7 Å². The van der Waals surface area contributed by atoms with Crippen LogP contribution in [-0.4, -0.2) is 8.76 Å². The third kappa shape index (κ3) is 9.24. The van der Waals surface area contributed by atoms with E-state index in [1.807, 2.05) is 13.8 Å². The molecule has 0 saturated carbocycles. The highest BCUT2D eigenvalue weighted by Gasteiger charge is 1.87. The molecule has 1 unspecified atom stereocenters. The molecule has 0 N–H and O–H groups in total. The first-order valence-electron chi connectivity index (χ1n) is 4.10. The highest BCUT2D eigenvalue weighted by atomic mass is 32.2. The third-order valence-electron chi connectivity index (χ3n) is 1.43. The minimum Gasteiger partial charge on any atom is -0.769 e. The van der Waals surface area contributed by atoms with Crippen LogP contribution < -0.4 is 0 Å². The fourth-order valence-corrected chi connectivity index (χ4v) is 1.08. The molecule has 1 atom stereocenters. The zero-order chi connectivity index (χ0) is 10.3. The normalized spacial score (nSPS) is 12.8. The summed E-state index contributed by atoms with van der Waals surface area (Å²) in [6, 6.07) is 0. The topological polar surface area (TPSA) is 40.1 Å². The van der Waals surface area contributed by atoms with Crippen LogP contribution in [0.3, 0.4) is 0 Å². The SMILES string of the molecule is C=C(C=CS(=O)[O-])CCC=C(C)C. The van der Waals surface area contributed by atoms with Crippen molar-refractivity contribution in [3.8, 4) is 0 Å². The van der Waals surface area contributed by atoms with Crippen molar-refractivity contribution in [3.05, 3.63) is 35.3 Å². The molecule has 0 aliphatic rings. The summed E-state index contributed by atoms with van der Waals surface area (Å²) in [5.74, 6) is 0. The van der Waals surface area contributed by atoms with Gasteiger partial charge in [-0.1, -0.05) is 29.9 Å². The van der Waals surface area contributed by atoms with Crippen molar-refractivity contribution in [2.24, 2.45) is 0 Å². The molecule has 0 amide bonds. The van der Waals surface area contributed by atoms with Gasteiger partial charge in [-0.25, -0.2) is 0 Å². The fraction of sp³-hybridized carbons (Fsp3) is 0.400. The smallest absolute Gasteiger partial charge is 0.0113 e. The minimum absolute atomic E-state index is 0.804. The fourth-order valence-electron chi connectivity index (χ4n) is 0.781. The molecular weight excluding hydrogens is 184 g/mol. The van der Waals surface area contributed by atoms with E-state index in [1.54, 1.807) is 0 Å². The maximum atomic E-state index is 10.1. The molecular formula is C10H15O2S-. The lowest BCUT2D eigenvalue weighted by Crippen LogP contribution is -1.80. The van der Waals surface area contributed by atoms with Crippen LogP contribution in [0, 0.1) is 0 Å². The summed E-state index contributed by atoms with van der Waals surface area (Å²) in [6.45, 7) is 7.80. The number of allylic oxidation sites excluding steroid dienone is 4. The molecule has 13 heavy (non-hydrogen) atoms. The largest absolute Gasteiger partial charge is 0.769 e. The van der Waals surface area contributed by atoms with Crippen LogP contribution in [0.2, 0.25) is 0 Å². The Bertz CT molecular complexity index is 248. The Labute approximate surface area is 82.3 Å². The quantitative estimate of drug-likeness (QED) is 0.388. The van der Waals surface area contributed by atoms with Gasteiger partial charge < -0.3 is 4.55 Å². The van der Waals surface area contributed by atoms with Crippen LogP contribution in [0.4, 0.5) is 0 Å². The van der Waals surface area contributed by atoms with Gasteiger partial charge in [0, 0.05) is 0 Å². The van der Waals surface area contributed by atoms with E-state index in [-0.39, 0.29) is 0 Å². The van der Waals surface area contributed by atoms with Gasteiger partial charge in [0.1, 0.15) is 0 Å². The highest BCUT2D eigenvalue weighted by Crippen LogP contribution is 2.06. The van der Waals surface area contributed by atoms with Gasteiger partial charge in [-0.3, -0.25) is 4.21 Å². The molecule has 2 nitrogen and oxygen atoms in total. The predicted octanol–water partition coefficient (Wildman–Crippen LogP) is 2.68. The van der Waals surface area contributed by atoms with Gasteiger partial charge in [-0.2, -0.15) is 0 Å². The van der Waals surface area contributed by atoms with Gasteiger partial charge in [0.15, 0.2) is 0 Å². The summed E-state index contributed by atoms with van der Waals surface area (Å²) in [5, 5.41) is 1.12. The molecule has 0 aromatic rings. The van der Waals surface area contributed by atoms with Crippen molar-refractivity contribution < 1.29 is 8.76 Å². The standard InChI is InChI=1S/C10H16O2S/c1-9(2)5-4-6-10(3)7-8-13(11)12/h5,7-8H,3-4,6H2,1-2H3,(H,11,12)/p-1. The summed E-state index contributed by atoms with van der Waals surface area (Å²) < 4.78 is 20.3. The number of hydrogen-bond donors (Lipinski definition) is 0. The molecule has 0 rings (SSSR count). The van der Waals surface area contributed by atoms with Gasteiger partial charge in [-0.05, 0) is 43.2 Å². The van der Waals surface area contributed by atoms with Gasteiger partial charge in [0.2, 0.25) is 0 Å². The van der Waals surface area contributed by atoms with E-state index < -0.39 is 11.1 Å². The monoisotopic (exact) mass is 199 g/mol. The number of rotatable bonds is 5. The maximum absolute atomic E-state index is 10.1. The van der Waals surface area contributed by atoms with Crippen LogP contribution in [0.25, 0.3) is 0 Å². The average molecular weight is 199 g/mol. The zero-order valence-electron chi connectivity index (χ0n) is 8.08. The Balaban J connectivity index is 3.77. The molecule has 0 aromatic carbocycles. The lowest BCUT2D eigenvalue weighted by atomic mass is 10.1. The molecule has 3 heteroatoms. The van der Waals surface area contributed by atoms with Crippen molar-refractivity contribution in [3.63, 3.8) is 0 Å². The van der Waals surface area contributed by atoms with Crippen molar-refractivity contribution in [1.82, 2.24) is 0 Å². The molecule has 0 heterocycles.